The van der Waals surface area contributed by atoms with Crippen molar-refractivity contribution in [3.05, 3.63) is 59.7 Å². The van der Waals surface area contributed by atoms with E-state index in [2.05, 4.69) is 10.6 Å². The van der Waals surface area contributed by atoms with Gasteiger partial charge in [-0.3, -0.25) is 14.4 Å². The van der Waals surface area contributed by atoms with Crippen molar-refractivity contribution in [2.45, 2.75) is 39.7 Å². The lowest BCUT2D eigenvalue weighted by molar-refractivity contribution is -0.118. The molecular weight excluding hydrogens is 356 g/mol. The number of anilines is 1. The Bertz CT molecular complexity index is 831. The lowest BCUT2D eigenvalue weighted by Crippen LogP contribution is -2.33. The van der Waals surface area contributed by atoms with E-state index in [1.807, 2.05) is 13.8 Å². The Kier molecular flexibility index (Phi) is 7.75. The lowest BCUT2D eigenvalue weighted by Gasteiger charge is -2.15. The summed E-state index contributed by atoms with van der Waals surface area (Å²) >= 11 is 0. The van der Waals surface area contributed by atoms with Crippen LogP contribution in [-0.2, 0) is 4.79 Å². The Morgan fingerprint density at radius 3 is 2.32 bits per heavy atom. The predicted octanol–water partition coefficient (Wildman–Crippen LogP) is 3.83. The fourth-order valence-corrected chi connectivity index (χ4v) is 2.47. The minimum Gasteiger partial charge on any atom is -0.484 e. The van der Waals surface area contributed by atoms with Gasteiger partial charge in [0.05, 0.1) is 11.3 Å². The average Bonchev–Trinajstić information content (AvgIpc) is 2.72. The van der Waals surface area contributed by atoms with Gasteiger partial charge in [0.15, 0.2) is 12.4 Å². The van der Waals surface area contributed by atoms with Crippen LogP contribution in [0.25, 0.3) is 0 Å². The van der Waals surface area contributed by atoms with E-state index in [-0.39, 0.29) is 30.2 Å². The third-order valence-corrected chi connectivity index (χ3v) is 4.30. The quantitative estimate of drug-likeness (QED) is 0.646. The normalized spacial score (nSPS) is 11.4. The van der Waals surface area contributed by atoms with Crippen LogP contribution in [-0.4, -0.2) is 30.2 Å². The van der Waals surface area contributed by atoms with Crippen LogP contribution in [0, 0.1) is 0 Å². The van der Waals surface area contributed by atoms with Crippen LogP contribution in [0.5, 0.6) is 5.75 Å². The molecule has 1 unspecified atom stereocenters. The monoisotopic (exact) mass is 382 g/mol. The number of ketones is 1. The number of amides is 2. The smallest absolute Gasteiger partial charge is 0.262 e. The van der Waals surface area contributed by atoms with Gasteiger partial charge < -0.3 is 15.4 Å². The molecule has 2 rings (SSSR count). The first kappa shape index (κ1) is 21.2. The van der Waals surface area contributed by atoms with Crippen LogP contribution in [0.3, 0.4) is 0 Å². The first-order valence-electron chi connectivity index (χ1n) is 9.40. The van der Waals surface area contributed by atoms with Crippen molar-refractivity contribution in [3.63, 3.8) is 0 Å². The summed E-state index contributed by atoms with van der Waals surface area (Å²) in [4.78, 5) is 36.3. The van der Waals surface area contributed by atoms with E-state index >= 15 is 0 Å². The number of nitrogens with one attached hydrogen (secondary N) is 2. The second kappa shape index (κ2) is 10.3. The predicted molar refractivity (Wildman–Crippen MR) is 109 cm³/mol. The Morgan fingerprint density at radius 2 is 1.68 bits per heavy atom. The standard InChI is InChI=1S/C22H26N2O4/c1-4-15(3)23-22(27)18-8-6-7-9-19(18)24-21(26)14-28-17-12-10-16(11-13-17)20(25)5-2/h6-13,15H,4-5,14H2,1-3H3,(H,23,27)(H,24,26). The highest BCUT2D eigenvalue weighted by atomic mass is 16.5. The number of ether oxygens (including phenoxy) is 1. The molecule has 148 valence electrons. The van der Waals surface area contributed by atoms with Crippen LogP contribution in [0.4, 0.5) is 5.69 Å². The molecule has 6 heteroatoms. The highest BCUT2D eigenvalue weighted by Gasteiger charge is 2.15. The Morgan fingerprint density at radius 1 is 1.00 bits per heavy atom. The van der Waals surface area contributed by atoms with Crippen molar-refractivity contribution in [2.75, 3.05) is 11.9 Å². The van der Waals surface area contributed by atoms with Crippen LogP contribution in [0.2, 0.25) is 0 Å². The van der Waals surface area contributed by atoms with E-state index in [0.29, 0.717) is 29.0 Å². The molecule has 0 spiro atoms. The molecule has 2 amide bonds. The third-order valence-electron chi connectivity index (χ3n) is 4.30. The first-order valence-corrected chi connectivity index (χ1v) is 9.40. The molecule has 2 N–H and O–H groups in total. The maximum atomic E-state index is 12.4. The molecule has 0 aliphatic carbocycles. The molecule has 1 atom stereocenters. The van der Waals surface area contributed by atoms with E-state index in [4.69, 9.17) is 4.74 Å². The summed E-state index contributed by atoms with van der Waals surface area (Å²) in [5, 5.41) is 5.60. The minimum atomic E-state index is -0.377. The average molecular weight is 382 g/mol. The lowest BCUT2D eigenvalue weighted by atomic mass is 10.1. The molecule has 2 aromatic carbocycles. The van der Waals surface area contributed by atoms with Crippen LogP contribution < -0.4 is 15.4 Å². The highest BCUT2D eigenvalue weighted by molar-refractivity contribution is 6.04. The largest absolute Gasteiger partial charge is 0.484 e. The minimum absolute atomic E-state index is 0.0437. The first-order chi connectivity index (χ1) is 13.4. The van der Waals surface area contributed by atoms with E-state index < -0.39 is 0 Å². The summed E-state index contributed by atoms with van der Waals surface area (Å²) in [6.45, 7) is 5.51. The zero-order valence-corrected chi connectivity index (χ0v) is 16.5. The number of benzene rings is 2. The van der Waals surface area contributed by atoms with Gasteiger partial charge in [0.1, 0.15) is 5.75 Å². The number of Topliss-reactive ketones (excluding diaryl/α,β-unsaturated/α-hetero) is 1. The van der Waals surface area contributed by atoms with Gasteiger partial charge in [0.25, 0.3) is 11.8 Å². The van der Waals surface area contributed by atoms with Gasteiger partial charge >= 0.3 is 0 Å². The molecular formula is C22H26N2O4. The number of para-hydroxylation sites is 1. The molecule has 6 nitrogen and oxygen atoms in total. The van der Waals surface area contributed by atoms with Gasteiger partial charge in [0, 0.05) is 18.0 Å². The van der Waals surface area contributed by atoms with Gasteiger partial charge in [-0.25, -0.2) is 0 Å². The SMILES string of the molecule is CCC(=O)c1ccc(OCC(=O)Nc2ccccc2C(=O)NC(C)CC)cc1. The number of hydrogen-bond donors (Lipinski definition) is 2. The number of carbonyl (C=O) groups is 3. The van der Waals surface area contributed by atoms with Crippen molar-refractivity contribution >= 4 is 23.3 Å². The van der Waals surface area contributed by atoms with E-state index in [1.54, 1.807) is 55.5 Å². The molecule has 0 aromatic heterocycles. The second-order valence-electron chi connectivity index (χ2n) is 6.47. The summed E-state index contributed by atoms with van der Waals surface area (Å²) in [6.07, 6.45) is 1.25. The molecule has 0 heterocycles. The molecule has 0 saturated heterocycles. The summed E-state index contributed by atoms with van der Waals surface area (Å²) in [5.41, 5.74) is 1.44. The molecule has 0 aliphatic heterocycles. The van der Waals surface area contributed by atoms with Crippen molar-refractivity contribution in [3.8, 4) is 5.75 Å². The van der Waals surface area contributed by atoms with E-state index in [1.165, 1.54) is 0 Å². The zero-order chi connectivity index (χ0) is 20.5. The Balaban J connectivity index is 1.96. The maximum Gasteiger partial charge on any atom is 0.262 e. The number of rotatable bonds is 9. The van der Waals surface area contributed by atoms with Gasteiger partial charge in [-0.05, 0) is 49.7 Å². The summed E-state index contributed by atoms with van der Waals surface area (Å²) in [5.74, 6) is -0.0676. The van der Waals surface area contributed by atoms with Gasteiger partial charge in [-0.1, -0.05) is 26.0 Å². The van der Waals surface area contributed by atoms with Crippen LogP contribution in [0.1, 0.15) is 54.3 Å². The molecule has 0 radical (unpaired) electrons. The molecule has 0 bridgehead atoms. The molecule has 0 saturated carbocycles. The topological polar surface area (TPSA) is 84.5 Å². The zero-order valence-electron chi connectivity index (χ0n) is 16.5. The van der Waals surface area contributed by atoms with Crippen molar-refractivity contribution < 1.29 is 19.1 Å². The fraction of sp³-hybridized carbons (Fsp3) is 0.318. The molecule has 0 aliphatic rings. The van der Waals surface area contributed by atoms with Crippen molar-refractivity contribution in [1.29, 1.82) is 0 Å². The maximum absolute atomic E-state index is 12.4. The van der Waals surface area contributed by atoms with E-state index in [9.17, 15) is 14.4 Å². The van der Waals surface area contributed by atoms with Gasteiger partial charge in [-0.15, -0.1) is 0 Å². The highest BCUT2D eigenvalue weighted by Crippen LogP contribution is 2.16. The van der Waals surface area contributed by atoms with Crippen LogP contribution in [0.15, 0.2) is 48.5 Å². The third kappa shape index (κ3) is 5.94. The number of carbonyl (C=O) groups excluding carboxylic acids is 3. The summed E-state index contributed by atoms with van der Waals surface area (Å²) in [6, 6.07) is 13.5. The fourth-order valence-electron chi connectivity index (χ4n) is 2.47. The van der Waals surface area contributed by atoms with E-state index in [0.717, 1.165) is 6.42 Å². The molecule has 28 heavy (non-hydrogen) atoms. The number of hydrogen-bond acceptors (Lipinski definition) is 4. The van der Waals surface area contributed by atoms with Crippen molar-refractivity contribution in [1.82, 2.24) is 5.32 Å². The summed E-state index contributed by atoms with van der Waals surface area (Å²) < 4.78 is 5.47. The molecule has 0 fully saturated rings. The summed E-state index contributed by atoms with van der Waals surface area (Å²) in [7, 11) is 0. The van der Waals surface area contributed by atoms with Gasteiger partial charge in [0.2, 0.25) is 0 Å². The van der Waals surface area contributed by atoms with Crippen LogP contribution >= 0.6 is 0 Å². The Labute approximate surface area is 165 Å². The Hall–Kier alpha value is -3.15. The van der Waals surface area contributed by atoms with Crippen molar-refractivity contribution in [2.24, 2.45) is 0 Å². The molecule has 2 aromatic rings. The van der Waals surface area contributed by atoms with Gasteiger partial charge in [-0.2, -0.15) is 0 Å². The second-order valence-corrected chi connectivity index (χ2v) is 6.47.